The molecule has 2 heterocycles. The molecule has 0 unspecified atom stereocenters. The van der Waals surface area contributed by atoms with Gasteiger partial charge in [0.2, 0.25) is 0 Å². The van der Waals surface area contributed by atoms with Gasteiger partial charge in [-0.05, 0) is 24.6 Å². The summed E-state index contributed by atoms with van der Waals surface area (Å²) in [5.41, 5.74) is 2.96. The third kappa shape index (κ3) is 3.35. The molecule has 1 aliphatic heterocycles. The minimum absolute atomic E-state index is 0.0895. The van der Waals surface area contributed by atoms with Crippen molar-refractivity contribution in [1.29, 1.82) is 0 Å². The van der Waals surface area contributed by atoms with E-state index in [1.165, 1.54) is 11.4 Å². The van der Waals surface area contributed by atoms with Gasteiger partial charge in [-0.1, -0.05) is 53.5 Å². The molecule has 0 radical (unpaired) electrons. The number of fused-ring (bicyclic) bond motifs is 1. The van der Waals surface area contributed by atoms with Gasteiger partial charge in [0, 0.05) is 11.3 Å². The standard InChI is InChI=1S/C20H17Cl2N3O/c21-16-9-8-15(11-17(16)22)23-19(26)13-24-12-18(14-5-2-1-3-6-14)25-10-4-7-20(24)25/h1-3,5-6,8-9,11-12H,4,7,10,13H2/p+1. The van der Waals surface area contributed by atoms with E-state index >= 15 is 0 Å². The summed E-state index contributed by atoms with van der Waals surface area (Å²) in [7, 11) is 0. The monoisotopic (exact) mass is 386 g/mol. The van der Waals surface area contributed by atoms with Crippen molar-refractivity contribution in [2.45, 2.75) is 25.9 Å². The number of hydrogen-bond donors (Lipinski definition) is 1. The van der Waals surface area contributed by atoms with Crippen LogP contribution in [0, 0.1) is 0 Å². The van der Waals surface area contributed by atoms with E-state index in [4.69, 9.17) is 23.2 Å². The molecular formula is C20H18Cl2N3O+. The molecule has 0 atom stereocenters. The van der Waals surface area contributed by atoms with E-state index in [-0.39, 0.29) is 12.5 Å². The summed E-state index contributed by atoms with van der Waals surface area (Å²) in [5.74, 6) is 1.10. The van der Waals surface area contributed by atoms with Crippen LogP contribution < -0.4 is 9.88 Å². The number of carbonyl (C=O) groups is 1. The average Bonchev–Trinajstić information content (AvgIpc) is 3.23. The summed E-state index contributed by atoms with van der Waals surface area (Å²) in [5, 5.41) is 3.78. The first-order chi connectivity index (χ1) is 12.6. The molecule has 4 rings (SSSR count). The minimum Gasteiger partial charge on any atom is -0.323 e. The fourth-order valence-corrected chi connectivity index (χ4v) is 3.71. The lowest BCUT2D eigenvalue weighted by Crippen LogP contribution is -2.42. The van der Waals surface area contributed by atoms with Gasteiger partial charge in [0.15, 0.2) is 12.2 Å². The van der Waals surface area contributed by atoms with Crippen LogP contribution in [0.4, 0.5) is 5.69 Å². The van der Waals surface area contributed by atoms with E-state index < -0.39 is 0 Å². The second-order valence-corrected chi connectivity index (χ2v) is 7.17. The number of benzene rings is 2. The predicted molar refractivity (Wildman–Crippen MR) is 103 cm³/mol. The highest BCUT2D eigenvalue weighted by Gasteiger charge is 2.29. The van der Waals surface area contributed by atoms with Crippen LogP contribution in [0.15, 0.2) is 54.7 Å². The van der Waals surface area contributed by atoms with Crippen molar-refractivity contribution >= 4 is 34.8 Å². The molecule has 1 N–H and O–H groups in total. The molecule has 4 nitrogen and oxygen atoms in total. The summed E-state index contributed by atoms with van der Waals surface area (Å²) in [6, 6.07) is 15.4. The Morgan fingerprint density at radius 2 is 1.92 bits per heavy atom. The van der Waals surface area contributed by atoms with E-state index in [1.54, 1.807) is 18.2 Å². The van der Waals surface area contributed by atoms with Gasteiger partial charge in [-0.2, -0.15) is 0 Å². The lowest BCUT2D eigenvalue weighted by Gasteiger charge is -2.05. The predicted octanol–water partition coefficient (Wildman–Crippen LogP) is 4.33. The lowest BCUT2D eigenvalue weighted by atomic mass is 10.2. The molecule has 0 saturated heterocycles. The molecule has 6 heteroatoms. The van der Waals surface area contributed by atoms with Crippen LogP contribution in [0.2, 0.25) is 10.0 Å². The van der Waals surface area contributed by atoms with E-state index in [0.29, 0.717) is 15.7 Å². The van der Waals surface area contributed by atoms with Crippen molar-refractivity contribution in [1.82, 2.24) is 4.57 Å². The second-order valence-electron chi connectivity index (χ2n) is 6.36. The molecule has 1 aromatic heterocycles. The van der Waals surface area contributed by atoms with Crippen molar-refractivity contribution in [3.8, 4) is 11.3 Å². The first kappa shape index (κ1) is 17.1. The van der Waals surface area contributed by atoms with Crippen LogP contribution in [-0.2, 0) is 24.3 Å². The molecule has 0 aliphatic carbocycles. The molecule has 0 saturated carbocycles. The minimum atomic E-state index is -0.0895. The van der Waals surface area contributed by atoms with E-state index in [9.17, 15) is 4.79 Å². The van der Waals surface area contributed by atoms with Gasteiger partial charge in [0.05, 0.1) is 23.0 Å². The van der Waals surface area contributed by atoms with E-state index in [1.807, 2.05) is 22.8 Å². The zero-order valence-electron chi connectivity index (χ0n) is 14.1. The van der Waals surface area contributed by atoms with E-state index in [2.05, 4.69) is 28.2 Å². The number of amides is 1. The fourth-order valence-electron chi connectivity index (χ4n) is 3.41. The van der Waals surface area contributed by atoms with Gasteiger partial charge < -0.3 is 5.32 Å². The Morgan fingerprint density at radius 3 is 2.69 bits per heavy atom. The lowest BCUT2D eigenvalue weighted by molar-refractivity contribution is -0.690. The van der Waals surface area contributed by atoms with Crippen LogP contribution in [0.3, 0.4) is 0 Å². The smallest absolute Gasteiger partial charge is 0.266 e. The van der Waals surface area contributed by atoms with Gasteiger partial charge in [-0.3, -0.25) is 4.79 Å². The molecule has 26 heavy (non-hydrogen) atoms. The number of nitrogens with one attached hydrogen (secondary N) is 1. The summed E-state index contributed by atoms with van der Waals surface area (Å²) in [4.78, 5) is 12.5. The van der Waals surface area contributed by atoms with Gasteiger partial charge in [-0.15, -0.1) is 0 Å². The third-order valence-electron chi connectivity index (χ3n) is 4.58. The number of carbonyl (C=O) groups excluding carboxylic acids is 1. The Bertz CT molecular complexity index is 967. The molecule has 0 bridgehead atoms. The van der Waals surface area contributed by atoms with Crippen LogP contribution in [0.5, 0.6) is 0 Å². The van der Waals surface area contributed by atoms with Crippen molar-refractivity contribution in [2.75, 3.05) is 5.32 Å². The first-order valence-corrected chi connectivity index (χ1v) is 9.29. The molecule has 3 aromatic rings. The van der Waals surface area contributed by atoms with E-state index in [0.717, 1.165) is 25.1 Å². The number of rotatable bonds is 4. The highest BCUT2D eigenvalue weighted by molar-refractivity contribution is 6.42. The molecular weight excluding hydrogens is 369 g/mol. The number of imidazole rings is 1. The van der Waals surface area contributed by atoms with Gasteiger partial charge in [-0.25, -0.2) is 9.13 Å². The largest absolute Gasteiger partial charge is 0.323 e. The maximum Gasteiger partial charge on any atom is 0.266 e. The van der Waals surface area contributed by atoms with Gasteiger partial charge >= 0.3 is 0 Å². The van der Waals surface area contributed by atoms with Gasteiger partial charge in [0.25, 0.3) is 11.7 Å². The number of hydrogen-bond acceptors (Lipinski definition) is 1. The van der Waals surface area contributed by atoms with Crippen molar-refractivity contribution in [3.05, 3.63) is 70.6 Å². The number of anilines is 1. The third-order valence-corrected chi connectivity index (χ3v) is 5.32. The SMILES string of the molecule is O=C(C[n+]1cc(-c2ccccc2)n2c1CCC2)Nc1ccc(Cl)c(Cl)c1. The first-order valence-electron chi connectivity index (χ1n) is 8.54. The zero-order valence-corrected chi connectivity index (χ0v) is 15.6. The van der Waals surface area contributed by atoms with Crippen molar-refractivity contribution < 1.29 is 9.36 Å². The maximum absolute atomic E-state index is 12.5. The summed E-state index contributed by atoms with van der Waals surface area (Å²) in [6.45, 7) is 1.25. The Hall–Kier alpha value is -2.30. The van der Waals surface area contributed by atoms with Gasteiger partial charge in [0.1, 0.15) is 6.20 Å². The summed E-state index contributed by atoms with van der Waals surface area (Å²) < 4.78 is 4.35. The topological polar surface area (TPSA) is 37.9 Å². The average molecular weight is 387 g/mol. The normalized spacial score (nSPS) is 12.8. The molecule has 0 spiro atoms. The van der Waals surface area contributed by atoms with Crippen molar-refractivity contribution in [2.24, 2.45) is 0 Å². The Balaban J connectivity index is 1.57. The molecule has 1 aliphatic rings. The number of nitrogens with zero attached hydrogens (tertiary/aromatic N) is 2. The fraction of sp³-hybridized carbons (Fsp3) is 0.200. The van der Waals surface area contributed by atoms with Crippen molar-refractivity contribution in [3.63, 3.8) is 0 Å². The summed E-state index contributed by atoms with van der Waals surface area (Å²) >= 11 is 11.9. The molecule has 1 amide bonds. The second kappa shape index (κ2) is 7.14. The maximum atomic E-state index is 12.5. The molecule has 132 valence electrons. The quantitative estimate of drug-likeness (QED) is 0.665. The number of halogens is 2. The zero-order chi connectivity index (χ0) is 18.1. The van der Waals surface area contributed by atoms with Crippen LogP contribution in [0.25, 0.3) is 11.3 Å². The highest BCUT2D eigenvalue weighted by atomic mass is 35.5. The Kier molecular flexibility index (Phi) is 4.70. The Morgan fingerprint density at radius 1 is 1.12 bits per heavy atom. The molecule has 2 aromatic carbocycles. The highest BCUT2D eigenvalue weighted by Crippen LogP contribution is 2.26. The Labute approximate surface area is 162 Å². The number of aromatic nitrogens is 2. The molecule has 0 fully saturated rings. The van der Waals surface area contributed by atoms with Crippen LogP contribution >= 0.6 is 23.2 Å². The van der Waals surface area contributed by atoms with Crippen LogP contribution in [0.1, 0.15) is 12.2 Å². The van der Waals surface area contributed by atoms with Crippen LogP contribution in [-0.4, -0.2) is 10.5 Å². The summed E-state index contributed by atoms with van der Waals surface area (Å²) in [6.07, 6.45) is 4.15.